The molecule has 0 rings (SSSR count). The van der Waals surface area contributed by atoms with Crippen LogP contribution in [0.4, 0.5) is 0 Å². The van der Waals surface area contributed by atoms with Crippen molar-refractivity contribution in [1.82, 2.24) is 0 Å². The van der Waals surface area contributed by atoms with Crippen LogP contribution in [0.2, 0.25) is 0 Å². The van der Waals surface area contributed by atoms with Crippen molar-refractivity contribution >= 4 is 19.7 Å². The van der Waals surface area contributed by atoms with Gasteiger partial charge in [-0.2, -0.15) is 9.59 Å². The van der Waals surface area contributed by atoms with Gasteiger partial charge in [-0.3, -0.25) is 9.36 Å². The van der Waals surface area contributed by atoms with Crippen LogP contribution >= 0.6 is 7.60 Å². The van der Waals surface area contributed by atoms with E-state index in [1.54, 1.807) is 6.92 Å². The number of carboxylic acids is 1. The van der Waals surface area contributed by atoms with Gasteiger partial charge in [0.15, 0.2) is 5.16 Å². The van der Waals surface area contributed by atoms with Crippen LogP contribution in [0, 0.1) is 0 Å². The lowest BCUT2D eigenvalue weighted by Gasteiger charge is -2.24. The van der Waals surface area contributed by atoms with E-state index in [0.717, 1.165) is 6.92 Å². The minimum Gasteiger partial charge on any atom is -0.480 e. The van der Waals surface area contributed by atoms with E-state index >= 15 is 0 Å². The molecule has 0 aliphatic heterocycles. The van der Waals surface area contributed by atoms with Crippen LogP contribution < -0.4 is 0 Å². The van der Waals surface area contributed by atoms with Crippen molar-refractivity contribution in [2.45, 2.75) is 31.8 Å². The topological polar surface area (TPSA) is 129 Å². The smallest absolute Gasteiger partial charge is 0.373 e. The molecule has 1 unspecified atom stereocenters. The monoisotopic (exact) mass is 240 g/mol. The molecule has 7 nitrogen and oxygen atoms in total. The number of carbonyl (C=O) groups is 1. The predicted octanol–water partition coefficient (Wildman–Crippen LogP) is 0.224. The third-order valence-corrected chi connectivity index (χ3v) is 3.54. The third kappa shape index (κ3) is 4.85. The molecule has 0 aromatic carbocycles. The highest BCUT2D eigenvalue weighted by Crippen LogP contribution is 2.52. The van der Waals surface area contributed by atoms with Gasteiger partial charge in [0.2, 0.25) is 0 Å². The van der Waals surface area contributed by atoms with Gasteiger partial charge in [-0.1, -0.05) is 13.3 Å². The molecule has 1 atom stereocenters. The Balaban J connectivity index is 0. The summed E-state index contributed by atoms with van der Waals surface area (Å²) >= 11 is 0. The minimum atomic E-state index is -4.56. The molecule has 0 amide bonds. The van der Waals surface area contributed by atoms with Gasteiger partial charge in [-0.05, 0) is 13.3 Å². The Morgan fingerprint density at radius 2 is 1.73 bits per heavy atom. The van der Waals surface area contributed by atoms with Crippen molar-refractivity contribution in [3.05, 3.63) is 0 Å². The van der Waals surface area contributed by atoms with E-state index in [1.807, 2.05) is 0 Å². The largest absolute Gasteiger partial charge is 0.480 e. The van der Waals surface area contributed by atoms with Gasteiger partial charge in [-0.25, -0.2) is 0 Å². The van der Waals surface area contributed by atoms with Crippen LogP contribution in [0.15, 0.2) is 0 Å². The lowest BCUT2D eigenvalue weighted by molar-refractivity contribution is -0.191. The maximum atomic E-state index is 10.8. The van der Waals surface area contributed by atoms with Gasteiger partial charge in [-0.15, -0.1) is 0 Å². The molecule has 0 fully saturated rings. The highest BCUT2D eigenvalue weighted by molar-refractivity contribution is 7.54. The zero-order valence-electron chi connectivity index (χ0n) is 8.34. The quantitative estimate of drug-likeness (QED) is 0.599. The summed E-state index contributed by atoms with van der Waals surface area (Å²) in [6.07, 6.45) is 0.653. The van der Waals surface area contributed by atoms with E-state index in [9.17, 15) is 9.36 Å². The Kier molecular flexibility index (Phi) is 7.10. The molecule has 0 saturated heterocycles. The predicted molar refractivity (Wildman–Crippen MR) is 48.0 cm³/mol. The fraction of sp³-hybridized carbons (Fsp3) is 0.714. The molecule has 15 heavy (non-hydrogen) atoms. The molecule has 3 N–H and O–H groups in total. The molecule has 0 bridgehead atoms. The molecule has 88 valence electrons. The highest BCUT2D eigenvalue weighted by Gasteiger charge is 2.48. The lowest BCUT2D eigenvalue weighted by Crippen LogP contribution is -2.34. The van der Waals surface area contributed by atoms with Crippen molar-refractivity contribution in [3.63, 3.8) is 0 Å². The number of aliphatic carboxylic acids is 1. The van der Waals surface area contributed by atoms with Crippen LogP contribution in [0.3, 0.4) is 0 Å². The molecule has 8 heteroatoms. The molecule has 0 radical (unpaired) electrons. The van der Waals surface area contributed by atoms with Gasteiger partial charge in [0.1, 0.15) is 0 Å². The molecule has 0 aromatic heterocycles. The molecule has 0 aliphatic rings. The summed E-state index contributed by atoms with van der Waals surface area (Å²) in [6.45, 7) is 2.75. The summed E-state index contributed by atoms with van der Waals surface area (Å²) < 4.78 is 10.8. The molecule has 0 spiro atoms. The highest BCUT2D eigenvalue weighted by atomic mass is 31.2. The van der Waals surface area contributed by atoms with Gasteiger partial charge >= 0.3 is 19.7 Å². The summed E-state index contributed by atoms with van der Waals surface area (Å²) in [7, 11) is -4.56. The van der Waals surface area contributed by atoms with E-state index in [-0.39, 0.29) is 12.6 Å². The second kappa shape index (κ2) is 6.48. The second-order valence-electron chi connectivity index (χ2n) is 2.96. The summed E-state index contributed by atoms with van der Waals surface area (Å²) in [4.78, 5) is 44.4. The van der Waals surface area contributed by atoms with Gasteiger partial charge in [0.05, 0.1) is 0 Å². The van der Waals surface area contributed by atoms with E-state index < -0.39 is 18.7 Å². The first-order chi connectivity index (χ1) is 6.67. The Labute approximate surface area is 86.3 Å². The summed E-state index contributed by atoms with van der Waals surface area (Å²) in [5.41, 5.74) is 0. The maximum Gasteiger partial charge on any atom is 0.373 e. The molecular weight excluding hydrogens is 227 g/mol. The SMILES string of the molecule is CCCC(C)(C(=O)O)P(=O)(O)O.O=C=O. The zero-order valence-corrected chi connectivity index (χ0v) is 9.23. The number of hydrogen-bond donors (Lipinski definition) is 3. The Hall–Kier alpha value is -1.00. The lowest BCUT2D eigenvalue weighted by atomic mass is 10.1. The number of hydrogen-bond acceptors (Lipinski definition) is 4. The minimum absolute atomic E-state index is 0.0212. The summed E-state index contributed by atoms with van der Waals surface area (Å²) in [6, 6.07) is 0. The third-order valence-electron chi connectivity index (χ3n) is 1.84. The van der Waals surface area contributed by atoms with E-state index in [1.165, 1.54) is 0 Å². The van der Waals surface area contributed by atoms with Crippen LogP contribution in [-0.4, -0.2) is 32.2 Å². The first-order valence-electron chi connectivity index (χ1n) is 3.95. The fourth-order valence-corrected chi connectivity index (χ4v) is 1.63. The van der Waals surface area contributed by atoms with Gasteiger partial charge < -0.3 is 14.9 Å². The molecule has 0 saturated carbocycles. The molecule has 0 aliphatic carbocycles. The van der Waals surface area contributed by atoms with Crippen molar-refractivity contribution in [2.75, 3.05) is 0 Å². The average molecular weight is 240 g/mol. The Bertz CT molecular complexity index is 288. The van der Waals surface area contributed by atoms with Crippen LogP contribution in [0.25, 0.3) is 0 Å². The summed E-state index contributed by atoms with van der Waals surface area (Å²) in [5, 5.41) is 6.68. The van der Waals surface area contributed by atoms with Crippen molar-refractivity contribution in [2.24, 2.45) is 0 Å². The first kappa shape index (κ1) is 16.4. The van der Waals surface area contributed by atoms with Crippen LogP contribution in [-0.2, 0) is 18.9 Å². The maximum absolute atomic E-state index is 10.8. The normalized spacial score (nSPS) is 14.1. The average Bonchev–Trinajstić information content (AvgIpc) is 2.03. The van der Waals surface area contributed by atoms with Crippen LogP contribution in [0.5, 0.6) is 0 Å². The van der Waals surface area contributed by atoms with Crippen molar-refractivity contribution in [3.8, 4) is 0 Å². The van der Waals surface area contributed by atoms with Crippen molar-refractivity contribution in [1.29, 1.82) is 0 Å². The number of rotatable bonds is 4. The van der Waals surface area contributed by atoms with Crippen molar-refractivity contribution < 1.29 is 33.8 Å². The van der Waals surface area contributed by atoms with E-state index in [4.69, 9.17) is 24.5 Å². The first-order valence-corrected chi connectivity index (χ1v) is 5.57. The zero-order chi connectivity index (χ0) is 12.7. The molecular formula is C7H13O7P. The Morgan fingerprint density at radius 1 is 1.40 bits per heavy atom. The van der Waals surface area contributed by atoms with Gasteiger partial charge in [0.25, 0.3) is 0 Å². The number of carboxylic acid groups (broad SMARTS) is 1. The number of carbonyl (C=O) groups excluding carboxylic acids is 2. The molecule has 0 heterocycles. The molecule has 0 aromatic rings. The van der Waals surface area contributed by atoms with E-state index in [2.05, 4.69) is 0 Å². The summed E-state index contributed by atoms with van der Waals surface area (Å²) in [5.74, 6) is -1.45. The Morgan fingerprint density at radius 3 is 1.80 bits per heavy atom. The van der Waals surface area contributed by atoms with Crippen LogP contribution in [0.1, 0.15) is 26.7 Å². The second-order valence-corrected chi connectivity index (χ2v) is 5.03. The standard InChI is InChI=1S/C6H13O5P.CO2/c1-3-4-6(2,5(7)8)12(9,10)11;2-1-3/h3-4H2,1-2H3,(H,7,8)(H2,9,10,11);. The van der Waals surface area contributed by atoms with Gasteiger partial charge in [0, 0.05) is 0 Å². The fourth-order valence-electron chi connectivity index (χ4n) is 0.864. The van der Waals surface area contributed by atoms with E-state index in [0.29, 0.717) is 6.42 Å².